The van der Waals surface area contributed by atoms with Crippen LogP contribution in [0.3, 0.4) is 0 Å². The molecule has 2 amide bonds. The molecule has 1 fully saturated rings. The zero-order valence-corrected chi connectivity index (χ0v) is 15.8. The fourth-order valence-corrected chi connectivity index (χ4v) is 3.19. The summed E-state index contributed by atoms with van der Waals surface area (Å²) in [6.45, 7) is 2.39. The van der Waals surface area contributed by atoms with Crippen molar-refractivity contribution in [3.63, 3.8) is 0 Å². The maximum absolute atomic E-state index is 14.2. The predicted molar refractivity (Wildman–Crippen MR) is 104 cm³/mol. The van der Waals surface area contributed by atoms with E-state index in [-0.39, 0.29) is 30.5 Å². The van der Waals surface area contributed by atoms with Gasteiger partial charge in [0, 0.05) is 39.3 Å². The molecule has 0 spiro atoms. The number of rotatable bonds is 5. The van der Waals surface area contributed by atoms with Gasteiger partial charge in [-0.1, -0.05) is 18.2 Å². The quantitative estimate of drug-likeness (QED) is 0.882. The van der Waals surface area contributed by atoms with E-state index in [0.717, 1.165) is 16.8 Å². The van der Waals surface area contributed by atoms with E-state index < -0.39 is 11.7 Å². The van der Waals surface area contributed by atoms with Crippen LogP contribution < -0.4 is 15.1 Å². The first-order chi connectivity index (χ1) is 12.8. The molecule has 1 aliphatic heterocycles. The fourth-order valence-electron chi connectivity index (χ4n) is 3.19. The van der Waals surface area contributed by atoms with Gasteiger partial charge in [0.25, 0.3) is 0 Å². The van der Waals surface area contributed by atoms with Gasteiger partial charge in [0.05, 0.1) is 11.6 Å². The van der Waals surface area contributed by atoms with Crippen molar-refractivity contribution in [2.45, 2.75) is 19.9 Å². The molecule has 142 valence electrons. The largest absolute Gasteiger partial charge is 0.378 e. The Morgan fingerprint density at radius 3 is 2.56 bits per heavy atom. The van der Waals surface area contributed by atoms with Crippen LogP contribution in [0.2, 0.25) is 0 Å². The van der Waals surface area contributed by atoms with E-state index in [4.69, 9.17) is 0 Å². The highest BCUT2D eigenvalue weighted by molar-refractivity contribution is 6.00. The van der Waals surface area contributed by atoms with E-state index in [1.807, 2.05) is 43.3 Å². The summed E-state index contributed by atoms with van der Waals surface area (Å²) in [4.78, 5) is 28.1. The average molecular weight is 369 g/mol. The average Bonchev–Trinajstić information content (AvgIpc) is 3.01. The third-order valence-corrected chi connectivity index (χ3v) is 4.81. The predicted octanol–water partition coefficient (Wildman–Crippen LogP) is 2.87. The molecule has 1 unspecified atom stereocenters. The highest BCUT2D eigenvalue weighted by atomic mass is 19.1. The van der Waals surface area contributed by atoms with Crippen LogP contribution in [0.5, 0.6) is 0 Å². The first-order valence-corrected chi connectivity index (χ1v) is 8.95. The van der Waals surface area contributed by atoms with E-state index in [0.29, 0.717) is 6.54 Å². The summed E-state index contributed by atoms with van der Waals surface area (Å²) in [5, 5.41) is 2.88. The van der Waals surface area contributed by atoms with Crippen molar-refractivity contribution in [1.82, 2.24) is 5.32 Å². The summed E-state index contributed by atoms with van der Waals surface area (Å²) in [5.74, 6) is -1.33. The molecular weight excluding hydrogens is 345 g/mol. The van der Waals surface area contributed by atoms with E-state index in [1.54, 1.807) is 19.1 Å². The third-order valence-electron chi connectivity index (χ3n) is 4.81. The summed E-state index contributed by atoms with van der Waals surface area (Å²) in [7, 11) is 3.94. The molecule has 0 saturated carbocycles. The van der Waals surface area contributed by atoms with Gasteiger partial charge in [0.2, 0.25) is 11.8 Å². The van der Waals surface area contributed by atoms with Crippen LogP contribution in [0.4, 0.5) is 15.8 Å². The van der Waals surface area contributed by atoms with Crippen LogP contribution in [0.1, 0.15) is 17.5 Å². The molecule has 1 heterocycles. The van der Waals surface area contributed by atoms with Crippen LogP contribution in [-0.4, -0.2) is 32.5 Å². The summed E-state index contributed by atoms with van der Waals surface area (Å²) in [6.07, 6.45) is 0.0959. The Kier molecular flexibility index (Phi) is 5.44. The molecular formula is C21H24FN3O2. The highest BCUT2D eigenvalue weighted by Crippen LogP contribution is 2.28. The zero-order valence-electron chi connectivity index (χ0n) is 15.8. The molecule has 1 N–H and O–H groups in total. The number of aryl methyl sites for hydroxylation is 1. The van der Waals surface area contributed by atoms with Crippen LogP contribution in [0.25, 0.3) is 0 Å². The van der Waals surface area contributed by atoms with Gasteiger partial charge in [-0.25, -0.2) is 4.39 Å². The minimum absolute atomic E-state index is 0.0959. The minimum atomic E-state index is -0.473. The standard InChI is InChI=1S/C21H24FN3O2/c1-14-4-9-19(18(22)10-14)25-13-16(11-20(25)26)21(27)23-12-15-5-7-17(8-6-15)24(2)3/h4-10,16H,11-13H2,1-3H3,(H,23,27). The van der Waals surface area contributed by atoms with Crippen molar-refractivity contribution >= 4 is 23.2 Å². The summed E-state index contributed by atoms with van der Waals surface area (Å²) >= 11 is 0. The summed E-state index contributed by atoms with van der Waals surface area (Å²) in [6, 6.07) is 12.6. The summed E-state index contributed by atoms with van der Waals surface area (Å²) < 4.78 is 14.2. The second kappa shape index (κ2) is 7.78. The summed E-state index contributed by atoms with van der Waals surface area (Å²) in [5.41, 5.74) is 3.10. The number of carbonyl (C=O) groups excluding carboxylic acids is 2. The van der Waals surface area contributed by atoms with Crippen LogP contribution >= 0.6 is 0 Å². The van der Waals surface area contributed by atoms with Crippen molar-refractivity contribution in [2.24, 2.45) is 5.92 Å². The van der Waals surface area contributed by atoms with Crippen LogP contribution in [0.15, 0.2) is 42.5 Å². The number of anilines is 2. The Morgan fingerprint density at radius 1 is 1.22 bits per heavy atom. The molecule has 0 bridgehead atoms. The van der Waals surface area contributed by atoms with Gasteiger partial charge in [-0.15, -0.1) is 0 Å². The van der Waals surface area contributed by atoms with E-state index >= 15 is 0 Å². The van der Waals surface area contributed by atoms with Crippen LogP contribution in [0, 0.1) is 18.7 Å². The number of nitrogens with zero attached hydrogens (tertiary/aromatic N) is 2. The highest BCUT2D eigenvalue weighted by Gasteiger charge is 2.36. The number of nitrogens with one attached hydrogen (secondary N) is 1. The maximum Gasteiger partial charge on any atom is 0.227 e. The van der Waals surface area contributed by atoms with Gasteiger partial charge in [-0.3, -0.25) is 9.59 Å². The van der Waals surface area contributed by atoms with Gasteiger partial charge in [0.15, 0.2) is 0 Å². The number of carbonyl (C=O) groups is 2. The Balaban J connectivity index is 1.60. The lowest BCUT2D eigenvalue weighted by molar-refractivity contribution is -0.126. The Morgan fingerprint density at radius 2 is 1.93 bits per heavy atom. The van der Waals surface area contributed by atoms with Crippen molar-refractivity contribution in [2.75, 3.05) is 30.4 Å². The molecule has 0 radical (unpaired) electrons. The Bertz CT molecular complexity index is 849. The SMILES string of the molecule is Cc1ccc(N2CC(C(=O)NCc3ccc(N(C)C)cc3)CC2=O)c(F)c1. The number of halogens is 1. The molecule has 1 aliphatic rings. The number of hydrogen-bond acceptors (Lipinski definition) is 3. The first kappa shape index (κ1) is 18.9. The van der Waals surface area contributed by atoms with Gasteiger partial charge >= 0.3 is 0 Å². The Hall–Kier alpha value is -2.89. The molecule has 1 atom stereocenters. The van der Waals surface area contributed by atoms with Gasteiger partial charge in [0.1, 0.15) is 5.82 Å². The molecule has 5 nitrogen and oxygen atoms in total. The lowest BCUT2D eigenvalue weighted by atomic mass is 10.1. The van der Waals surface area contributed by atoms with Gasteiger partial charge in [-0.2, -0.15) is 0 Å². The first-order valence-electron chi connectivity index (χ1n) is 8.95. The molecule has 3 rings (SSSR count). The monoisotopic (exact) mass is 369 g/mol. The molecule has 27 heavy (non-hydrogen) atoms. The third kappa shape index (κ3) is 4.27. The van der Waals surface area contributed by atoms with Gasteiger partial charge < -0.3 is 15.1 Å². The smallest absolute Gasteiger partial charge is 0.227 e. The number of hydrogen-bond donors (Lipinski definition) is 1. The molecule has 1 saturated heterocycles. The van der Waals surface area contributed by atoms with E-state index in [1.165, 1.54) is 11.0 Å². The maximum atomic E-state index is 14.2. The second-order valence-corrected chi connectivity index (χ2v) is 7.14. The topological polar surface area (TPSA) is 52.7 Å². The van der Waals surface area contributed by atoms with E-state index in [2.05, 4.69) is 5.32 Å². The second-order valence-electron chi connectivity index (χ2n) is 7.14. The number of benzene rings is 2. The van der Waals surface area contributed by atoms with Crippen molar-refractivity contribution < 1.29 is 14.0 Å². The minimum Gasteiger partial charge on any atom is -0.378 e. The fraction of sp³-hybridized carbons (Fsp3) is 0.333. The Labute approximate surface area is 158 Å². The molecule has 2 aromatic rings. The normalized spacial score (nSPS) is 16.5. The van der Waals surface area contributed by atoms with Crippen molar-refractivity contribution in [1.29, 1.82) is 0 Å². The van der Waals surface area contributed by atoms with Crippen molar-refractivity contribution in [3.8, 4) is 0 Å². The zero-order chi connectivity index (χ0) is 19.6. The van der Waals surface area contributed by atoms with Crippen molar-refractivity contribution in [3.05, 3.63) is 59.4 Å². The van der Waals surface area contributed by atoms with Crippen LogP contribution in [-0.2, 0) is 16.1 Å². The molecule has 2 aromatic carbocycles. The lowest BCUT2D eigenvalue weighted by Crippen LogP contribution is -2.32. The van der Waals surface area contributed by atoms with E-state index in [9.17, 15) is 14.0 Å². The molecule has 0 aliphatic carbocycles. The molecule has 6 heteroatoms. The van der Waals surface area contributed by atoms with Gasteiger partial charge in [-0.05, 0) is 42.3 Å². The lowest BCUT2D eigenvalue weighted by Gasteiger charge is -2.18. The number of amides is 2. The molecule has 0 aromatic heterocycles.